The van der Waals surface area contributed by atoms with Gasteiger partial charge in [0.05, 0.1) is 6.04 Å². The Kier molecular flexibility index (Phi) is 2.81. The normalized spacial score (nSPS) is 24.5. The van der Waals surface area contributed by atoms with Gasteiger partial charge in [-0.3, -0.25) is 0 Å². The number of likely N-dealkylation sites (tertiary alicyclic amines) is 1. The van der Waals surface area contributed by atoms with E-state index in [1.807, 2.05) is 13.8 Å². The fraction of sp³-hybridized carbons (Fsp3) is 0.889. The number of hydrogen-bond donors (Lipinski definition) is 2. The van der Waals surface area contributed by atoms with E-state index in [0.29, 0.717) is 0 Å². The third kappa shape index (κ3) is 2.34. The molecule has 0 aliphatic carbocycles. The van der Waals surface area contributed by atoms with Crippen molar-refractivity contribution < 1.29 is 4.79 Å². The lowest BCUT2D eigenvalue weighted by Crippen LogP contribution is -2.59. The first kappa shape index (κ1) is 10.3. The summed E-state index contributed by atoms with van der Waals surface area (Å²) in [5, 5.41) is 0. The molecular weight excluding hydrogens is 166 g/mol. The molecule has 4 nitrogen and oxygen atoms in total. The maximum Gasteiger partial charge on any atom is 0.315 e. The lowest BCUT2D eigenvalue weighted by molar-refractivity contribution is 0.121. The van der Waals surface area contributed by atoms with Crippen LogP contribution in [0.1, 0.15) is 33.1 Å². The molecule has 13 heavy (non-hydrogen) atoms. The molecule has 0 saturated carbocycles. The zero-order valence-electron chi connectivity index (χ0n) is 8.42. The van der Waals surface area contributed by atoms with Gasteiger partial charge in [-0.05, 0) is 33.1 Å². The van der Waals surface area contributed by atoms with Gasteiger partial charge in [0, 0.05) is 12.1 Å². The molecule has 1 aliphatic heterocycles. The highest BCUT2D eigenvalue weighted by Gasteiger charge is 2.34. The van der Waals surface area contributed by atoms with Crippen LogP contribution in [0.3, 0.4) is 0 Å². The zero-order valence-corrected chi connectivity index (χ0v) is 8.42. The smallest absolute Gasteiger partial charge is 0.315 e. The number of rotatable bonds is 1. The number of amides is 2. The highest BCUT2D eigenvalue weighted by Crippen LogP contribution is 2.23. The summed E-state index contributed by atoms with van der Waals surface area (Å²) in [6, 6.07) is -0.248. The lowest BCUT2D eigenvalue weighted by Gasteiger charge is -2.42. The number of primary amides is 1. The molecule has 1 aliphatic rings. The third-order valence-corrected chi connectivity index (χ3v) is 2.64. The lowest BCUT2D eigenvalue weighted by atomic mass is 9.87. The summed E-state index contributed by atoms with van der Waals surface area (Å²) >= 11 is 0. The van der Waals surface area contributed by atoms with E-state index in [-0.39, 0.29) is 17.6 Å². The van der Waals surface area contributed by atoms with Crippen LogP contribution >= 0.6 is 0 Å². The highest BCUT2D eigenvalue weighted by molar-refractivity contribution is 5.72. The molecule has 1 saturated heterocycles. The second-order valence-corrected chi connectivity index (χ2v) is 4.36. The number of hydrogen-bond acceptors (Lipinski definition) is 2. The van der Waals surface area contributed by atoms with Gasteiger partial charge in [0.15, 0.2) is 0 Å². The Bertz CT molecular complexity index is 198. The average Bonchev–Trinajstić information content (AvgIpc) is 2.03. The summed E-state index contributed by atoms with van der Waals surface area (Å²) < 4.78 is 0. The van der Waals surface area contributed by atoms with Crippen LogP contribution in [0.25, 0.3) is 0 Å². The summed E-state index contributed by atoms with van der Waals surface area (Å²) in [5.74, 6) is 0. The predicted molar refractivity (Wildman–Crippen MR) is 52.2 cm³/mol. The molecule has 76 valence electrons. The number of nitrogens with two attached hydrogens (primary N) is 2. The van der Waals surface area contributed by atoms with Crippen LogP contribution in [-0.2, 0) is 0 Å². The highest BCUT2D eigenvalue weighted by atomic mass is 16.2. The van der Waals surface area contributed by atoms with Crippen molar-refractivity contribution in [3.63, 3.8) is 0 Å². The van der Waals surface area contributed by atoms with Gasteiger partial charge in [0.2, 0.25) is 0 Å². The number of carbonyl (C=O) groups is 1. The second-order valence-electron chi connectivity index (χ2n) is 4.36. The van der Waals surface area contributed by atoms with Crippen LogP contribution < -0.4 is 11.5 Å². The molecule has 2 amide bonds. The van der Waals surface area contributed by atoms with Crippen LogP contribution in [0.15, 0.2) is 0 Å². The van der Waals surface area contributed by atoms with Crippen LogP contribution in [0.5, 0.6) is 0 Å². The fourth-order valence-corrected chi connectivity index (χ4v) is 1.97. The van der Waals surface area contributed by atoms with Gasteiger partial charge in [-0.1, -0.05) is 0 Å². The zero-order chi connectivity index (χ0) is 10.1. The molecule has 1 fully saturated rings. The van der Waals surface area contributed by atoms with Crippen molar-refractivity contribution in [3.8, 4) is 0 Å². The molecule has 1 atom stereocenters. The maximum atomic E-state index is 11.1. The van der Waals surface area contributed by atoms with Gasteiger partial charge in [0.25, 0.3) is 0 Å². The molecule has 0 spiro atoms. The molecular formula is C9H19N3O. The molecule has 1 heterocycles. The quantitative estimate of drug-likeness (QED) is 0.629. The van der Waals surface area contributed by atoms with E-state index in [0.717, 1.165) is 25.8 Å². The Hall–Kier alpha value is -0.770. The molecule has 0 aromatic heterocycles. The summed E-state index contributed by atoms with van der Waals surface area (Å²) in [6.45, 7) is 4.64. The van der Waals surface area contributed by atoms with Crippen LogP contribution in [0.2, 0.25) is 0 Å². The summed E-state index contributed by atoms with van der Waals surface area (Å²) in [6.07, 6.45) is 3.14. The van der Waals surface area contributed by atoms with Crippen molar-refractivity contribution in [1.29, 1.82) is 0 Å². The minimum absolute atomic E-state index is 0.0961. The van der Waals surface area contributed by atoms with E-state index in [2.05, 4.69) is 0 Å². The number of carbonyl (C=O) groups excluding carboxylic acids is 1. The minimum atomic E-state index is -0.352. The summed E-state index contributed by atoms with van der Waals surface area (Å²) in [5.41, 5.74) is 10.9. The van der Waals surface area contributed by atoms with Crippen LogP contribution in [0.4, 0.5) is 4.79 Å². The third-order valence-electron chi connectivity index (χ3n) is 2.64. The van der Waals surface area contributed by atoms with Gasteiger partial charge < -0.3 is 16.4 Å². The Morgan fingerprint density at radius 3 is 2.46 bits per heavy atom. The van der Waals surface area contributed by atoms with Crippen molar-refractivity contribution >= 4 is 6.03 Å². The molecule has 1 unspecified atom stereocenters. The van der Waals surface area contributed by atoms with E-state index in [1.54, 1.807) is 4.90 Å². The second kappa shape index (κ2) is 3.54. The van der Waals surface area contributed by atoms with Crippen molar-refractivity contribution in [2.45, 2.75) is 44.7 Å². The number of piperidine rings is 1. The van der Waals surface area contributed by atoms with Crippen LogP contribution in [-0.4, -0.2) is 29.1 Å². The van der Waals surface area contributed by atoms with Crippen molar-refractivity contribution in [2.75, 3.05) is 6.54 Å². The minimum Gasteiger partial charge on any atom is -0.351 e. The Morgan fingerprint density at radius 2 is 2.08 bits per heavy atom. The van der Waals surface area contributed by atoms with E-state index in [1.165, 1.54) is 0 Å². The van der Waals surface area contributed by atoms with Crippen molar-refractivity contribution in [2.24, 2.45) is 11.5 Å². The maximum absolute atomic E-state index is 11.1. The fourth-order valence-electron chi connectivity index (χ4n) is 1.97. The van der Waals surface area contributed by atoms with Crippen LogP contribution in [0, 0.1) is 0 Å². The first-order valence-corrected chi connectivity index (χ1v) is 4.78. The Labute approximate surface area is 79.3 Å². The number of urea groups is 1. The van der Waals surface area contributed by atoms with Crippen molar-refractivity contribution in [1.82, 2.24) is 4.90 Å². The number of nitrogens with zero attached hydrogens (tertiary/aromatic N) is 1. The average molecular weight is 185 g/mol. The van der Waals surface area contributed by atoms with Gasteiger partial charge >= 0.3 is 6.03 Å². The molecule has 0 aromatic rings. The SMILES string of the molecule is CC(C)(N)C1CCCCN1C(N)=O. The molecule has 0 bridgehead atoms. The van der Waals surface area contributed by atoms with E-state index >= 15 is 0 Å². The van der Waals surface area contributed by atoms with Gasteiger partial charge in [0.1, 0.15) is 0 Å². The Morgan fingerprint density at radius 1 is 1.46 bits per heavy atom. The molecule has 4 N–H and O–H groups in total. The first-order valence-electron chi connectivity index (χ1n) is 4.78. The standard InChI is InChI=1S/C9H19N3O/c1-9(2,11)7-5-3-4-6-12(7)8(10)13/h7H,3-6,11H2,1-2H3,(H2,10,13). The molecule has 0 aromatic carbocycles. The molecule has 4 heteroatoms. The molecule has 1 rings (SSSR count). The van der Waals surface area contributed by atoms with E-state index in [9.17, 15) is 4.79 Å². The topological polar surface area (TPSA) is 72.3 Å². The summed E-state index contributed by atoms with van der Waals surface area (Å²) in [4.78, 5) is 12.8. The Balaban J connectivity index is 2.73. The largest absolute Gasteiger partial charge is 0.351 e. The monoisotopic (exact) mass is 185 g/mol. The van der Waals surface area contributed by atoms with E-state index in [4.69, 9.17) is 11.5 Å². The van der Waals surface area contributed by atoms with Gasteiger partial charge in [-0.25, -0.2) is 4.79 Å². The van der Waals surface area contributed by atoms with Crippen molar-refractivity contribution in [3.05, 3.63) is 0 Å². The molecule has 0 radical (unpaired) electrons. The van der Waals surface area contributed by atoms with Gasteiger partial charge in [-0.2, -0.15) is 0 Å². The first-order chi connectivity index (χ1) is 5.93. The predicted octanol–water partition coefficient (Wildman–Crippen LogP) is 0.657. The van der Waals surface area contributed by atoms with E-state index < -0.39 is 0 Å². The summed E-state index contributed by atoms with van der Waals surface area (Å²) in [7, 11) is 0. The van der Waals surface area contributed by atoms with Gasteiger partial charge in [-0.15, -0.1) is 0 Å².